The van der Waals surface area contributed by atoms with Crippen LogP contribution in [0.1, 0.15) is 48.3 Å². The summed E-state index contributed by atoms with van der Waals surface area (Å²) < 4.78 is 12.4. The molecule has 1 atom stereocenters. The topological polar surface area (TPSA) is 69.6 Å². The van der Waals surface area contributed by atoms with Crippen molar-refractivity contribution in [3.05, 3.63) is 69.5 Å². The Labute approximate surface area is 182 Å². The largest absolute Gasteiger partial charge is 0.478 e. The highest BCUT2D eigenvalue weighted by Crippen LogP contribution is 2.30. The second-order valence-corrected chi connectivity index (χ2v) is 8.27. The predicted molar refractivity (Wildman–Crippen MR) is 124 cm³/mol. The molecule has 0 bridgehead atoms. The third-order valence-electron chi connectivity index (χ3n) is 5.23. The molecule has 0 amide bonds. The Morgan fingerprint density at radius 2 is 1.81 bits per heavy atom. The van der Waals surface area contributed by atoms with E-state index < -0.39 is 5.97 Å². The molecule has 0 aliphatic carbocycles. The average molecular weight is 423 g/mol. The number of carbonyl (C=O) groups excluding carboxylic acids is 1. The van der Waals surface area contributed by atoms with Gasteiger partial charge in [-0.1, -0.05) is 32.0 Å². The minimum absolute atomic E-state index is 0.0941. The lowest BCUT2D eigenvalue weighted by Gasteiger charge is -2.21. The summed E-state index contributed by atoms with van der Waals surface area (Å²) >= 11 is 0. The number of esters is 1. The van der Waals surface area contributed by atoms with Gasteiger partial charge in [-0.05, 0) is 54.5 Å². The van der Waals surface area contributed by atoms with Gasteiger partial charge < -0.3 is 14.8 Å². The van der Waals surface area contributed by atoms with Crippen LogP contribution in [0.25, 0.3) is 10.8 Å². The summed E-state index contributed by atoms with van der Waals surface area (Å²) in [6, 6.07) is 13.0. The van der Waals surface area contributed by atoms with Crippen LogP contribution in [0.2, 0.25) is 0 Å². The van der Waals surface area contributed by atoms with Crippen molar-refractivity contribution in [2.45, 2.75) is 33.7 Å². The van der Waals surface area contributed by atoms with Crippen molar-refractivity contribution in [1.29, 1.82) is 0 Å². The van der Waals surface area contributed by atoms with E-state index in [0.29, 0.717) is 35.0 Å². The molecule has 0 saturated carbocycles. The number of anilines is 1. The number of pyridine rings is 1. The van der Waals surface area contributed by atoms with E-state index in [1.807, 2.05) is 38.1 Å². The number of nitrogens with one attached hydrogen (secondary N) is 1. The van der Waals surface area contributed by atoms with Crippen molar-refractivity contribution in [3.63, 3.8) is 0 Å². The van der Waals surface area contributed by atoms with Gasteiger partial charge in [-0.15, -0.1) is 0 Å². The lowest BCUT2D eigenvalue weighted by molar-refractivity contribution is 0.0602. The van der Waals surface area contributed by atoms with Crippen LogP contribution in [0.3, 0.4) is 0 Å². The van der Waals surface area contributed by atoms with Gasteiger partial charge in [0.05, 0.1) is 19.3 Å². The molecule has 1 aromatic heterocycles. The maximum Gasteiger partial charge on any atom is 0.339 e. The van der Waals surface area contributed by atoms with Crippen molar-refractivity contribution in [2.24, 2.45) is 13.0 Å². The first-order chi connectivity index (χ1) is 14.7. The Morgan fingerprint density at radius 1 is 1.10 bits per heavy atom. The van der Waals surface area contributed by atoms with Crippen molar-refractivity contribution in [1.82, 2.24) is 4.57 Å². The van der Waals surface area contributed by atoms with Gasteiger partial charge in [0.15, 0.2) is 5.88 Å². The molecule has 0 aliphatic heterocycles. The van der Waals surface area contributed by atoms with E-state index >= 15 is 0 Å². The first kappa shape index (κ1) is 22.4. The number of hydrogen-bond acceptors (Lipinski definition) is 5. The standard InChI is InChI=1S/C25H30N2O4/c1-15(2)14-31-23-13-20-19(11-16(3)12-21(20)24(28)27(23)5)17(4)26-22-10-8-7-9-18(22)25(29)30-6/h7-13,15,17,26H,14H2,1-6H3/t17-/m1/s1. The minimum atomic E-state index is -0.400. The Morgan fingerprint density at radius 3 is 2.48 bits per heavy atom. The second-order valence-electron chi connectivity index (χ2n) is 8.27. The molecule has 2 aromatic carbocycles. The molecule has 0 radical (unpaired) electrons. The summed E-state index contributed by atoms with van der Waals surface area (Å²) in [5.74, 6) is 0.486. The normalized spacial score (nSPS) is 12.1. The lowest BCUT2D eigenvalue weighted by atomic mass is 9.97. The molecular formula is C25H30N2O4. The van der Waals surface area contributed by atoms with Crippen molar-refractivity contribution < 1.29 is 14.3 Å². The summed E-state index contributed by atoms with van der Waals surface area (Å²) in [4.78, 5) is 25.2. The Kier molecular flexibility index (Phi) is 6.68. The summed E-state index contributed by atoms with van der Waals surface area (Å²) in [5.41, 5.74) is 3.00. The SMILES string of the molecule is COC(=O)c1ccccc1N[C@H](C)c1cc(C)cc2c(=O)n(C)c(OCC(C)C)cc12. The van der Waals surface area contributed by atoms with Gasteiger partial charge in [0.2, 0.25) is 0 Å². The first-order valence-corrected chi connectivity index (χ1v) is 10.4. The highest BCUT2D eigenvalue weighted by molar-refractivity contribution is 5.96. The van der Waals surface area contributed by atoms with Gasteiger partial charge in [-0.25, -0.2) is 4.79 Å². The zero-order valence-electron chi connectivity index (χ0n) is 19.0. The van der Waals surface area contributed by atoms with E-state index in [-0.39, 0.29) is 11.6 Å². The van der Waals surface area contributed by atoms with Crippen molar-refractivity contribution >= 4 is 22.4 Å². The van der Waals surface area contributed by atoms with E-state index in [1.54, 1.807) is 23.7 Å². The number of methoxy groups -OCH3 is 1. The van der Waals surface area contributed by atoms with Crippen molar-refractivity contribution in [3.8, 4) is 5.88 Å². The number of rotatable bonds is 7. The number of hydrogen-bond donors (Lipinski definition) is 1. The molecule has 1 N–H and O–H groups in total. The van der Waals surface area contributed by atoms with Crippen LogP contribution < -0.4 is 15.6 Å². The molecule has 164 valence electrons. The third-order valence-corrected chi connectivity index (χ3v) is 5.23. The van der Waals surface area contributed by atoms with Crippen LogP contribution in [0, 0.1) is 12.8 Å². The molecule has 6 nitrogen and oxygen atoms in total. The van der Waals surface area contributed by atoms with E-state index in [4.69, 9.17) is 9.47 Å². The summed E-state index contributed by atoms with van der Waals surface area (Å²) in [7, 11) is 3.10. The van der Waals surface area contributed by atoms with Crippen LogP contribution in [-0.2, 0) is 11.8 Å². The molecular weight excluding hydrogens is 392 g/mol. The molecule has 1 heterocycles. The Balaban J connectivity index is 2.09. The van der Waals surface area contributed by atoms with E-state index in [2.05, 4.69) is 25.2 Å². The van der Waals surface area contributed by atoms with Gasteiger partial charge in [-0.2, -0.15) is 0 Å². The van der Waals surface area contributed by atoms with Crippen LogP contribution in [0.5, 0.6) is 5.88 Å². The van der Waals surface area contributed by atoms with Crippen LogP contribution in [0.4, 0.5) is 5.69 Å². The second kappa shape index (κ2) is 9.25. The number of ether oxygens (including phenoxy) is 2. The van der Waals surface area contributed by atoms with E-state index in [9.17, 15) is 9.59 Å². The lowest BCUT2D eigenvalue weighted by Crippen LogP contribution is -2.21. The van der Waals surface area contributed by atoms with Crippen LogP contribution in [-0.4, -0.2) is 24.3 Å². The maximum absolute atomic E-state index is 13.1. The summed E-state index contributed by atoms with van der Waals surface area (Å²) in [6.07, 6.45) is 0. The number of benzene rings is 2. The molecule has 0 saturated heterocycles. The number of fused-ring (bicyclic) bond motifs is 1. The molecule has 6 heteroatoms. The fourth-order valence-electron chi connectivity index (χ4n) is 3.62. The number of aryl methyl sites for hydroxylation is 1. The summed E-state index contributed by atoms with van der Waals surface area (Å²) in [5, 5.41) is 4.89. The number of nitrogens with zero attached hydrogens (tertiary/aromatic N) is 1. The van der Waals surface area contributed by atoms with Crippen LogP contribution >= 0.6 is 0 Å². The predicted octanol–water partition coefficient (Wildman–Crippen LogP) is 4.84. The van der Waals surface area contributed by atoms with Gasteiger partial charge in [0.1, 0.15) is 0 Å². The average Bonchev–Trinajstić information content (AvgIpc) is 2.74. The van der Waals surface area contributed by atoms with Gasteiger partial charge >= 0.3 is 5.97 Å². The fourth-order valence-corrected chi connectivity index (χ4v) is 3.62. The fraction of sp³-hybridized carbons (Fsp3) is 0.360. The smallest absolute Gasteiger partial charge is 0.339 e. The molecule has 31 heavy (non-hydrogen) atoms. The third kappa shape index (κ3) is 4.74. The molecule has 0 fully saturated rings. The zero-order valence-corrected chi connectivity index (χ0v) is 19.0. The van der Waals surface area contributed by atoms with E-state index in [0.717, 1.165) is 16.5 Å². The molecule has 0 spiro atoms. The molecule has 0 unspecified atom stereocenters. The Bertz CT molecular complexity index is 1160. The molecule has 3 aromatic rings. The quantitative estimate of drug-likeness (QED) is 0.552. The van der Waals surface area contributed by atoms with Crippen LogP contribution in [0.15, 0.2) is 47.3 Å². The first-order valence-electron chi connectivity index (χ1n) is 10.4. The highest BCUT2D eigenvalue weighted by atomic mass is 16.5. The molecule has 3 rings (SSSR count). The van der Waals surface area contributed by atoms with Gasteiger partial charge in [0, 0.05) is 30.2 Å². The number of carbonyl (C=O) groups is 1. The maximum atomic E-state index is 13.1. The monoisotopic (exact) mass is 422 g/mol. The van der Waals surface area contributed by atoms with E-state index in [1.165, 1.54) is 7.11 Å². The minimum Gasteiger partial charge on any atom is -0.478 e. The highest BCUT2D eigenvalue weighted by Gasteiger charge is 2.18. The van der Waals surface area contributed by atoms with Gasteiger partial charge in [0.25, 0.3) is 5.56 Å². The van der Waals surface area contributed by atoms with Gasteiger partial charge in [-0.3, -0.25) is 9.36 Å². The number of para-hydroxylation sites is 1. The zero-order chi connectivity index (χ0) is 22.7. The number of aromatic nitrogens is 1. The van der Waals surface area contributed by atoms with Crippen molar-refractivity contribution in [2.75, 3.05) is 19.0 Å². The molecule has 0 aliphatic rings. The summed E-state index contributed by atoms with van der Waals surface area (Å²) in [6.45, 7) is 8.65. The Hall–Kier alpha value is -3.28.